The van der Waals surface area contributed by atoms with Crippen molar-refractivity contribution in [2.24, 2.45) is 11.7 Å². The Balaban J connectivity index is 0.946. The van der Waals surface area contributed by atoms with Gasteiger partial charge in [0.05, 0.1) is 49.6 Å². The lowest BCUT2D eigenvalue weighted by molar-refractivity contribution is -0.143. The third-order valence-corrected chi connectivity index (χ3v) is 15.1. The monoisotopic (exact) mass is 1000 g/mol. The highest BCUT2D eigenvalue weighted by atomic mass is 32.2. The SMILES string of the molecule is CC[C@H](N)C(=O)NC1C(=O)N2C(CCC1Cn1cc(COC(C)C(NC(=O)C(C)NC)C(=O)N3CCCC3Cn3nnnc3Sc3ccccc3)nn1)CCC2C(=O)NC(c1ccccc1)c1ccccc1. The van der Waals surface area contributed by atoms with E-state index in [1.807, 2.05) is 97.9 Å². The summed E-state index contributed by atoms with van der Waals surface area (Å²) in [7, 11) is 1.67. The number of nitrogens with zero attached hydrogens (tertiary/aromatic N) is 9. The van der Waals surface area contributed by atoms with Crippen LogP contribution in [0, 0.1) is 5.92 Å². The zero-order valence-corrected chi connectivity index (χ0v) is 42.1. The van der Waals surface area contributed by atoms with E-state index in [1.165, 1.54) is 11.8 Å². The number of likely N-dealkylation sites (N-methyl/N-ethyl adjacent to an activating group) is 1. The van der Waals surface area contributed by atoms with Gasteiger partial charge >= 0.3 is 0 Å². The van der Waals surface area contributed by atoms with E-state index in [-0.39, 0.29) is 48.9 Å². The molecule has 0 bridgehead atoms. The van der Waals surface area contributed by atoms with Gasteiger partial charge in [0, 0.05) is 29.9 Å². The lowest BCUT2D eigenvalue weighted by atomic mass is 9.92. The summed E-state index contributed by atoms with van der Waals surface area (Å²) in [4.78, 5) is 75.1. The van der Waals surface area contributed by atoms with Crippen molar-refractivity contribution < 1.29 is 28.7 Å². The Morgan fingerprint density at radius 1 is 0.833 bits per heavy atom. The van der Waals surface area contributed by atoms with Crippen molar-refractivity contribution in [1.82, 2.24) is 66.3 Å². The summed E-state index contributed by atoms with van der Waals surface area (Å²) in [6, 6.07) is 24.2. The molecule has 5 amide bonds. The van der Waals surface area contributed by atoms with Gasteiger partial charge in [-0.1, -0.05) is 91.0 Å². The second kappa shape index (κ2) is 24.2. The van der Waals surface area contributed by atoms with Crippen molar-refractivity contribution in [3.63, 3.8) is 0 Å². The van der Waals surface area contributed by atoms with E-state index in [0.717, 1.165) is 28.9 Å². The molecule has 8 rings (SSSR count). The van der Waals surface area contributed by atoms with Gasteiger partial charge in [-0.05, 0) is 111 Å². The van der Waals surface area contributed by atoms with Crippen molar-refractivity contribution in [1.29, 1.82) is 0 Å². The number of benzene rings is 3. The number of nitrogens with two attached hydrogens (primary N) is 1. The van der Waals surface area contributed by atoms with Gasteiger partial charge in [-0.2, -0.15) is 0 Å². The Labute approximate surface area is 423 Å². The molecule has 0 aliphatic carbocycles. The van der Waals surface area contributed by atoms with E-state index in [1.54, 1.807) is 46.3 Å². The fraction of sp³-hybridized carbons (Fsp3) is 0.490. The fourth-order valence-electron chi connectivity index (χ4n) is 9.91. The second-order valence-corrected chi connectivity index (χ2v) is 20.0. The van der Waals surface area contributed by atoms with Gasteiger partial charge in [-0.25, -0.2) is 4.68 Å². The van der Waals surface area contributed by atoms with Crippen molar-refractivity contribution in [3.8, 4) is 0 Å². The highest BCUT2D eigenvalue weighted by molar-refractivity contribution is 7.99. The van der Waals surface area contributed by atoms with Crippen molar-refractivity contribution in [2.75, 3.05) is 13.6 Å². The molecule has 3 fully saturated rings. The van der Waals surface area contributed by atoms with Gasteiger partial charge in [0.2, 0.25) is 34.7 Å². The number of carbonyl (C=O) groups is 5. The van der Waals surface area contributed by atoms with Crippen molar-refractivity contribution >= 4 is 41.3 Å². The first-order valence-corrected chi connectivity index (χ1v) is 25.8. The average Bonchev–Trinajstić information content (AvgIpc) is 4.24. The van der Waals surface area contributed by atoms with Crippen LogP contribution in [0.2, 0.25) is 0 Å². The summed E-state index contributed by atoms with van der Waals surface area (Å²) in [5.41, 5.74) is 8.50. The van der Waals surface area contributed by atoms with Gasteiger partial charge in [-0.3, -0.25) is 28.7 Å². The molecule has 3 aromatic carbocycles. The van der Waals surface area contributed by atoms with Crippen LogP contribution >= 0.6 is 11.8 Å². The number of fused-ring (bicyclic) bond motifs is 1. The lowest BCUT2D eigenvalue weighted by Gasteiger charge is -2.33. The molecule has 8 unspecified atom stereocenters. The Bertz CT molecular complexity index is 2570. The third kappa shape index (κ3) is 12.4. The number of amides is 5. The molecule has 382 valence electrons. The molecule has 6 N–H and O–H groups in total. The predicted molar refractivity (Wildman–Crippen MR) is 267 cm³/mol. The Morgan fingerprint density at radius 2 is 1.51 bits per heavy atom. The molecule has 3 aliphatic rings. The van der Waals surface area contributed by atoms with E-state index < -0.39 is 54.2 Å². The molecular formula is C51H66N14O6S. The Hall–Kier alpha value is -6.55. The predicted octanol–water partition coefficient (Wildman–Crippen LogP) is 3.00. The van der Waals surface area contributed by atoms with E-state index in [9.17, 15) is 24.0 Å². The lowest BCUT2D eigenvalue weighted by Crippen LogP contribution is -2.58. The number of hydrogen-bond acceptors (Lipinski definition) is 14. The number of nitrogens with one attached hydrogen (secondary N) is 4. The van der Waals surface area contributed by atoms with Gasteiger partial charge in [0.1, 0.15) is 23.8 Å². The summed E-state index contributed by atoms with van der Waals surface area (Å²) in [5.74, 6) is -2.10. The maximum absolute atomic E-state index is 14.9. The minimum atomic E-state index is -1.03. The minimum Gasteiger partial charge on any atom is -0.369 e. The van der Waals surface area contributed by atoms with E-state index in [0.29, 0.717) is 56.0 Å². The maximum Gasteiger partial charge on any atom is 0.248 e. The molecule has 21 heteroatoms. The van der Waals surface area contributed by atoms with Gasteiger partial charge in [0.25, 0.3) is 0 Å². The Kier molecular flexibility index (Phi) is 17.4. The molecule has 0 spiro atoms. The number of tetrazole rings is 1. The minimum absolute atomic E-state index is 0.0365. The fourth-order valence-corrected chi connectivity index (χ4v) is 10.7. The first-order chi connectivity index (χ1) is 34.9. The number of likely N-dealkylation sites (tertiary alicyclic amines) is 1. The summed E-state index contributed by atoms with van der Waals surface area (Å²) in [6.45, 7) is 6.32. The summed E-state index contributed by atoms with van der Waals surface area (Å²) in [5, 5.41) is 33.9. The number of ether oxygens (including phenoxy) is 1. The first-order valence-electron chi connectivity index (χ1n) is 25.0. The van der Waals surface area contributed by atoms with E-state index in [2.05, 4.69) is 47.1 Å². The van der Waals surface area contributed by atoms with Crippen LogP contribution in [-0.4, -0.2) is 137 Å². The summed E-state index contributed by atoms with van der Waals surface area (Å²) >= 11 is 1.44. The number of hydrogen-bond donors (Lipinski definition) is 5. The molecule has 9 atom stereocenters. The van der Waals surface area contributed by atoms with Crippen molar-refractivity contribution in [3.05, 3.63) is 114 Å². The average molecular weight is 1000 g/mol. The van der Waals surface area contributed by atoms with Gasteiger partial charge in [0.15, 0.2) is 0 Å². The molecule has 20 nitrogen and oxygen atoms in total. The van der Waals surface area contributed by atoms with Crippen LogP contribution in [-0.2, 0) is 48.4 Å². The summed E-state index contributed by atoms with van der Waals surface area (Å²) < 4.78 is 9.66. The Morgan fingerprint density at radius 3 is 2.19 bits per heavy atom. The number of rotatable bonds is 21. The van der Waals surface area contributed by atoms with Crippen LogP contribution in [0.1, 0.15) is 88.6 Å². The largest absolute Gasteiger partial charge is 0.369 e. The summed E-state index contributed by atoms with van der Waals surface area (Å²) in [6.07, 6.45) is 5.10. The van der Waals surface area contributed by atoms with E-state index in [4.69, 9.17) is 10.5 Å². The van der Waals surface area contributed by atoms with Crippen LogP contribution in [0.25, 0.3) is 0 Å². The number of aromatic nitrogens is 7. The quantitative estimate of drug-likeness (QED) is 0.0710. The second-order valence-electron chi connectivity index (χ2n) is 18.9. The van der Waals surface area contributed by atoms with Gasteiger partial charge < -0.3 is 41.5 Å². The van der Waals surface area contributed by atoms with E-state index >= 15 is 0 Å². The molecular weight excluding hydrogens is 937 g/mol. The zero-order valence-electron chi connectivity index (χ0n) is 41.2. The molecule has 5 aromatic rings. The molecule has 2 aromatic heterocycles. The molecule has 3 saturated heterocycles. The van der Waals surface area contributed by atoms with Crippen LogP contribution in [0.15, 0.2) is 107 Å². The smallest absolute Gasteiger partial charge is 0.248 e. The maximum atomic E-state index is 14.9. The van der Waals surface area contributed by atoms with Crippen molar-refractivity contribution in [2.45, 2.75) is 150 Å². The molecule has 0 radical (unpaired) electrons. The zero-order chi connectivity index (χ0) is 50.7. The third-order valence-electron chi connectivity index (χ3n) is 14.2. The molecule has 5 heterocycles. The van der Waals surface area contributed by atoms with Crippen LogP contribution < -0.4 is 27.0 Å². The topological polar surface area (TPSA) is 250 Å². The highest BCUT2D eigenvalue weighted by Gasteiger charge is 2.48. The standard InChI is InChI=1S/C51H66N14O6S/c1-5-41(52)47(67)56-45-36(23-24-38-25-26-42(65(38)50(45)70)48(68)55-44(34-16-9-6-10-17-34)35-18-11-7-12-19-35)28-62-29-37(57-60-62)31-71-33(3)43(54-46(66)32(2)53-4)49(69)63-27-15-20-39(63)30-64-51(58-59-61-64)72-40-21-13-8-14-22-40/h6-14,16-19,21-22,29,32-33,36,38-39,41-45,53H,5,15,20,23-28,30-31,52H2,1-4H3,(H,54,66)(H,55,68)(H,56,67)/t32?,33?,36?,38?,39?,41-,42?,43?,45?/m0/s1. The number of carbonyl (C=O) groups excluding carboxylic acids is 5. The van der Waals surface area contributed by atoms with Crippen LogP contribution in [0.5, 0.6) is 0 Å². The highest BCUT2D eigenvalue weighted by Crippen LogP contribution is 2.36. The molecule has 0 saturated carbocycles. The first kappa shape index (κ1) is 51.8. The molecule has 72 heavy (non-hydrogen) atoms. The normalized spacial score (nSPS) is 21.6. The van der Waals surface area contributed by atoms with Crippen LogP contribution in [0.3, 0.4) is 0 Å². The molecule has 3 aliphatic heterocycles. The van der Waals surface area contributed by atoms with Gasteiger partial charge in [-0.15, -0.1) is 10.2 Å². The van der Waals surface area contributed by atoms with Crippen LogP contribution in [0.4, 0.5) is 0 Å².